The first-order chi connectivity index (χ1) is 11.9. The molecule has 0 radical (unpaired) electrons. The number of fused-ring (bicyclic) bond motifs is 1. The van der Waals surface area contributed by atoms with Crippen molar-refractivity contribution in [2.24, 2.45) is 0 Å². The molecule has 130 valence electrons. The molecule has 0 saturated heterocycles. The summed E-state index contributed by atoms with van der Waals surface area (Å²) in [6, 6.07) is 14.3. The molecule has 25 heavy (non-hydrogen) atoms. The molecular weight excluding hydrogens is 330 g/mol. The third-order valence-corrected chi connectivity index (χ3v) is 5.60. The van der Waals surface area contributed by atoms with Crippen molar-refractivity contribution in [1.82, 2.24) is 9.88 Å². The van der Waals surface area contributed by atoms with Gasteiger partial charge < -0.3 is 5.32 Å². The molecule has 0 aliphatic heterocycles. The summed E-state index contributed by atoms with van der Waals surface area (Å²) < 4.78 is 1.18. The Morgan fingerprint density at radius 1 is 1.24 bits per heavy atom. The van der Waals surface area contributed by atoms with E-state index in [1.165, 1.54) is 4.70 Å². The third kappa shape index (κ3) is 4.06. The number of anilines is 1. The number of likely N-dealkylation sites (N-methyl/N-ethyl adjacent to an activating group) is 1. The highest BCUT2D eigenvalue weighted by Gasteiger charge is 2.18. The number of nitrogens with one attached hydrogen (secondary N) is 1. The Labute approximate surface area is 152 Å². The summed E-state index contributed by atoms with van der Waals surface area (Å²) in [5.74, 6) is -0.0100. The van der Waals surface area contributed by atoms with Crippen molar-refractivity contribution in [2.45, 2.75) is 26.8 Å². The van der Waals surface area contributed by atoms with Crippen LogP contribution in [0.2, 0.25) is 0 Å². The zero-order chi connectivity index (χ0) is 18.0. The Balaban J connectivity index is 1.67. The summed E-state index contributed by atoms with van der Waals surface area (Å²) in [6.45, 7) is 6.44. The number of thiazole rings is 1. The Bertz CT molecular complexity index is 870. The smallest absolute Gasteiger partial charge is 0.238 e. The van der Waals surface area contributed by atoms with Crippen LogP contribution in [0.1, 0.15) is 29.1 Å². The molecule has 3 aromatic rings. The summed E-state index contributed by atoms with van der Waals surface area (Å²) >= 11 is 1.68. The van der Waals surface area contributed by atoms with E-state index in [-0.39, 0.29) is 11.9 Å². The fraction of sp³-hybridized carbons (Fsp3) is 0.300. The van der Waals surface area contributed by atoms with E-state index in [0.29, 0.717) is 6.54 Å². The van der Waals surface area contributed by atoms with Gasteiger partial charge in [-0.3, -0.25) is 9.69 Å². The first-order valence-corrected chi connectivity index (χ1v) is 9.18. The number of carbonyl (C=O) groups excluding carboxylic acids is 1. The van der Waals surface area contributed by atoms with Gasteiger partial charge in [-0.15, -0.1) is 11.3 Å². The first-order valence-electron chi connectivity index (χ1n) is 8.37. The third-order valence-electron chi connectivity index (χ3n) is 4.39. The van der Waals surface area contributed by atoms with Gasteiger partial charge in [0.1, 0.15) is 5.01 Å². The number of rotatable bonds is 5. The fourth-order valence-corrected chi connectivity index (χ4v) is 3.77. The minimum atomic E-state index is -0.0100. The SMILES string of the molecule is Cc1ccc(C)c(NC(=O)CN(C)[C@@H](C)c2nc3ccccc3s2)c1. The Morgan fingerprint density at radius 3 is 2.76 bits per heavy atom. The normalized spacial score (nSPS) is 12.5. The summed E-state index contributed by atoms with van der Waals surface area (Å²) in [6.07, 6.45) is 0. The highest BCUT2D eigenvalue weighted by atomic mass is 32.1. The van der Waals surface area contributed by atoms with E-state index in [0.717, 1.165) is 27.3 Å². The molecule has 0 bridgehead atoms. The number of aryl methyl sites for hydroxylation is 2. The van der Waals surface area contributed by atoms with Crippen LogP contribution in [0, 0.1) is 13.8 Å². The van der Waals surface area contributed by atoms with Gasteiger partial charge in [0, 0.05) is 5.69 Å². The number of nitrogens with zero attached hydrogens (tertiary/aromatic N) is 2. The van der Waals surface area contributed by atoms with Crippen LogP contribution in [-0.4, -0.2) is 29.4 Å². The van der Waals surface area contributed by atoms with Crippen molar-refractivity contribution >= 4 is 33.1 Å². The number of para-hydroxylation sites is 1. The van der Waals surface area contributed by atoms with Gasteiger partial charge in [-0.05, 0) is 57.1 Å². The number of amides is 1. The van der Waals surface area contributed by atoms with Crippen LogP contribution in [-0.2, 0) is 4.79 Å². The molecule has 0 saturated carbocycles. The van der Waals surface area contributed by atoms with Crippen molar-refractivity contribution in [3.05, 3.63) is 58.6 Å². The Hall–Kier alpha value is -2.24. The second kappa shape index (κ2) is 7.33. The van der Waals surface area contributed by atoms with Crippen LogP contribution in [0.25, 0.3) is 10.2 Å². The molecule has 1 amide bonds. The second-order valence-electron chi connectivity index (χ2n) is 6.48. The summed E-state index contributed by atoms with van der Waals surface area (Å²) in [7, 11) is 1.96. The average molecular weight is 353 g/mol. The fourth-order valence-electron chi connectivity index (χ4n) is 2.68. The summed E-state index contributed by atoms with van der Waals surface area (Å²) in [4.78, 5) is 19.1. The molecule has 0 spiro atoms. The zero-order valence-corrected chi connectivity index (χ0v) is 15.9. The molecule has 1 heterocycles. The van der Waals surface area contributed by atoms with E-state index in [2.05, 4.69) is 18.3 Å². The number of carbonyl (C=O) groups is 1. The van der Waals surface area contributed by atoms with E-state index >= 15 is 0 Å². The molecule has 2 aromatic carbocycles. The average Bonchev–Trinajstić information content (AvgIpc) is 3.01. The van der Waals surface area contributed by atoms with Crippen molar-refractivity contribution < 1.29 is 4.79 Å². The molecule has 0 aliphatic rings. The Kier molecular flexibility index (Phi) is 5.16. The van der Waals surface area contributed by atoms with E-state index in [1.807, 2.05) is 62.2 Å². The maximum absolute atomic E-state index is 12.4. The number of hydrogen-bond acceptors (Lipinski definition) is 4. The van der Waals surface area contributed by atoms with Crippen LogP contribution >= 0.6 is 11.3 Å². The summed E-state index contributed by atoms with van der Waals surface area (Å²) in [5.41, 5.74) is 4.10. The monoisotopic (exact) mass is 353 g/mol. The first kappa shape index (κ1) is 17.6. The molecule has 1 N–H and O–H groups in total. The maximum atomic E-state index is 12.4. The van der Waals surface area contributed by atoms with Crippen molar-refractivity contribution in [3.63, 3.8) is 0 Å². The van der Waals surface area contributed by atoms with Gasteiger partial charge in [0.2, 0.25) is 5.91 Å². The molecule has 5 heteroatoms. The van der Waals surface area contributed by atoms with E-state index in [4.69, 9.17) is 4.98 Å². The topological polar surface area (TPSA) is 45.2 Å². The van der Waals surface area contributed by atoms with Crippen LogP contribution in [0.15, 0.2) is 42.5 Å². The maximum Gasteiger partial charge on any atom is 0.238 e. The van der Waals surface area contributed by atoms with Gasteiger partial charge in [-0.1, -0.05) is 24.3 Å². The minimum Gasteiger partial charge on any atom is -0.325 e. The highest BCUT2D eigenvalue weighted by molar-refractivity contribution is 7.18. The molecule has 1 atom stereocenters. The van der Waals surface area contributed by atoms with Gasteiger partial charge in [-0.25, -0.2) is 4.98 Å². The van der Waals surface area contributed by atoms with Crippen molar-refractivity contribution in [1.29, 1.82) is 0 Å². The lowest BCUT2D eigenvalue weighted by Crippen LogP contribution is -2.32. The predicted octanol–water partition coefficient (Wildman–Crippen LogP) is 4.54. The molecule has 1 aromatic heterocycles. The van der Waals surface area contributed by atoms with Crippen LogP contribution in [0.5, 0.6) is 0 Å². The van der Waals surface area contributed by atoms with Crippen LogP contribution in [0.3, 0.4) is 0 Å². The molecule has 3 rings (SSSR count). The largest absolute Gasteiger partial charge is 0.325 e. The molecule has 4 nitrogen and oxygen atoms in total. The van der Waals surface area contributed by atoms with E-state index < -0.39 is 0 Å². The molecular formula is C20H23N3OS. The lowest BCUT2D eigenvalue weighted by molar-refractivity contribution is -0.117. The standard InChI is InChI=1S/C20H23N3OS/c1-13-9-10-14(2)17(11-13)21-19(24)12-23(4)15(3)20-22-16-7-5-6-8-18(16)25-20/h5-11,15H,12H2,1-4H3,(H,21,24)/t15-/m0/s1. The van der Waals surface area contributed by atoms with Gasteiger partial charge in [-0.2, -0.15) is 0 Å². The van der Waals surface area contributed by atoms with Gasteiger partial charge >= 0.3 is 0 Å². The lowest BCUT2D eigenvalue weighted by Gasteiger charge is -2.22. The molecule has 0 unspecified atom stereocenters. The second-order valence-corrected chi connectivity index (χ2v) is 7.54. The van der Waals surface area contributed by atoms with Crippen LogP contribution in [0.4, 0.5) is 5.69 Å². The van der Waals surface area contributed by atoms with Crippen molar-refractivity contribution in [3.8, 4) is 0 Å². The van der Waals surface area contributed by atoms with Gasteiger partial charge in [0.15, 0.2) is 0 Å². The highest BCUT2D eigenvalue weighted by Crippen LogP contribution is 2.28. The van der Waals surface area contributed by atoms with E-state index in [9.17, 15) is 4.79 Å². The number of benzene rings is 2. The van der Waals surface area contributed by atoms with Crippen molar-refractivity contribution in [2.75, 3.05) is 18.9 Å². The van der Waals surface area contributed by atoms with Gasteiger partial charge in [0.05, 0.1) is 22.8 Å². The van der Waals surface area contributed by atoms with Crippen LogP contribution < -0.4 is 5.32 Å². The Morgan fingerprint density at radius 2 is 2.00 bits per heavy atom. The van der Waals surface area contributed by atoms with Gasteiger partial charge in [0.25, 0.3) is 0 Å². The summed E-state index contributed by atoms with van der Waals surface area (Å²) in [5, 5.41) is 4.05. The van der Waals surface area contributed by atoms with E-state index in [1.54, 1.807) is 11.3 Å². The lowest BCUT2D eigenvalue weighted by atomic mass is 10.1. The minimum absolute atomic E-state index is 0.0100. The number of aromatic nitrogens is 1. The molecule has 0 aliphatic carbocycles. The number of hydrogen-bond donors (Lipinski definition) is 1. The zero-order valence-electron chi connectivity index (χ0n) is 15.0. The predicted molar refractivity (Wildman–Crippen MR) is 105 cm³/mol. The quantitative estimate of drug-likeness (QED) is 0.732. The molecule has 0 fully saturated rings.